The number of amides is 1. The molecule has 1 amide bonds. The molecule has 1 saturated heterocycles. The van der Waals surface area contributed by atoms with Gasteiger partial charge in [0.1, 0.15) is 0 Å². The second-order valence-corrected chi connectivity index (χ2v) is 3.55. The average Bonchev–Trinajstić information content (AvgIpc) is 2.16. The highest BCUT2D eigenvalue weighted by molar-refractivity contribution is 5.46. The van der Waals surface area contributed by atoms with Crippen LogP contribution in [0, 0.1) is 0 Å². The molecule has 0 spiro atoms. The number of nitrogens with one attached hydrogen (secondary N) is 1. The largest absolute Gasteiger partial charge is 0.343 e. The van der Waals surface area contributed by atoms with Crippen molar-refractivity contribution >= 4 is 6.41 Å². The number of carbonyl (C=O) groups is 1. The Morgan fingerprint density at radius 1 is 1.38 bits per heavy atom. The van der Waals surface area contributed by atoms with Gasteiger partial charge in [-0.2, -0.15) is 0 Å². The first-order valence-electron chi connectivity index (χ1n) is 4.90. The summed E-state index contributed by atoms with van der Waals surface area (Å²) in [5, 5.41) is 2.84. The SMILES string of the molecule is CCC(NC=O)N1CCN(C)CC1. The molecule has 0 saturated carbocycles. The van der Waals surface area contributed by atoms with E-state index in [0.29, 0.717) is 0 Å². The molecule has 0 bridgehead atoms. The van der Waals surface area contributed by atoms with E-state index >= 15 is 0 Å². The van der Waals surface area contributed by atoms with Crippen LogP contribution in [0.4, 0.5) is 0 Å². The van der Waals surface area contributed by atoms with E-state index < -0.39 is 0 Å². The van der Waals surface area contributed by atoms with Crippen LogP contribution in [0.5, 0.6) is 0 Å². The van der Waals surface area contributed by atoms with E-state index in [-0.39, 0.29) is 6.17 Å². The smallest absolute Gasteiger partial charge is 0.208 e. The van der Waals surface area contributed by atoms with Crippen LogP contribution in [0.1, 0.15) is 13.3 Å². The summed E-state index contributed by atoms with van der Waals surface area (Å²) in [6.45, 7) is 6.39. The normalized spacial score (nSPS) is 22.6. The molecular weight excluding hydrogens is 166 g/mol. The fourth-order valence-corrected chi connectivity index (χ4v) is 1.69. The molecule has 76 valence electrons. The molecule has 0 aromatic heterocycles. The maximum Gasteiger partial charge on any atom is 0.208 e. The summed E-state index contributed by atoms with van der Waals surface area (Å²) in [6, 6.07) is 0. The van der Waals surface area contributed by atoms with Crippen molar-refractivity contribution in [1.29, 1.82) is 0 Å². The molecule has 1 heterocycles. The monoisotopic (exact) mass is 185 g/mol. The Hall–Kier alpha value is -0.610. The Labute approximate surface area is 79.9 Å². The first-order chi connectivity index (χ1) is 6.27. The maximum atomic E-state index is 10.3. The number of rotatable bonds is 4. The molecule has 1 atom stereocenters. The predicted octanol–water partition coefficient (Wildman–Crippen LogP) is -0.284. The van der Waals surface area contributed by atoms with E-state index in [1.807, 2.05) is 0 Å². The first-order valence-corrected chi connectivity index (χ1v) is 4.90. The number of carbonyl (C=O) groups excluding carboxylic acids is 1. The fourth-order valence-electron chi connectivity index (χ4n) is 1.69. The second kappa shape index (κ2) is 5.19. The average molecular weight is 185 g/mol. The molecule has 1 rings (SSSR count). The van der Waals surface area contributed by atoms with Gasteiger partial charge >= 0.3 is 0 Å². The number of nitrogens with zero attached hydrogens (tertiary/aromatic N) is 2. The van der Waals surface area contributed by atoms with Crippen molar-refractivity contribution in [1.82, 2.24) is 15.1 Å². The van der Waals surface area contributed by atoms with Crippen molar-refractivity contribution in [2.75, 3.05) is 33.2 Å². The summed E-state index contributed by atoms with van der Waals surface area (Å²) < 4.78 is 0. The van der Waals surface area contributed by atoms with E-state index in [4.69, 9.17) is 0 Å². The van der Waals surface area contributed by atoms with Crippen molar-refractivity contribution < 1.29 is 4.79 Å². The Kier molecular flexibility index (Phi) is 4.18. The second-order valence-electron chi connectivity index (χ2n) is 3.55. The van der Waals surface area contributed by atoms with Crippen LogP contribution in [0.15, 0.2) is 0 Å². The van der Waals surface area contributed by atoms with E-state index in [0.717, 1.165) is 39.0 Å². The minimum Gasteiger partial charge on any atom is -0.343 e. The zero-order valence-corrected chi connectivity index (χ0v) is 8.49. The fraction of sp³-hybridized carbons (Fsp3) is 0.889. The summed E-state index contributed by atoms with van der Waals surface area (Å²) in [5.74, 6) is 0. The van der Waals surface area contributed by atoms with Gasteiger partial charge in [0, 0.05) is 26.2 Å². The lowest BCUT2D eigenvalue weighted by atomic mass is 10.2. The molecule has 0 aromatic rings. The van der Waals surface area contributed by atoms with Gasteiger partial charge in [0.25, 0.3) is 0 Å². The van der Waals surface area contributed by atoms with Gasteiger partial charge in [-0.1, -0.05) is 6.92 Å². The van der Waals surface area contributed by atoms with Gasteiger partial charge in [-0.25, -0.2) is 0 Å². The molecule has 4 nitrogen and oxygen atoms in total. The van der Waals surface area contributed by atoms with Crippen LogP contribution in [0.3, 0.4) is 0 Å². The number of hydrogen-bond acceptors (Lipinski definition) is 3. The molecular formula is C9H19N3O. The molecule has 1 aliphatic heterocycles. The topological polar surface area (TPSA) is 35.6 Å². The number of piperazine rings is 1. The lowest BCUT2D eigenvalue weighted by molar-refractivity contribution is -0.111. The third-order valence-electron chi connectivity index (χ3n) is 2.63. The van der Waals surface area contributed by atoms with E-state index in [2.05, 4.69) is 29.1 Å². The standard InChI is InChI=1S/C9H19N3O/c1-3-9(10-8-13)12-6-4-11(2)5-7-12/h8-9H,3-7H2,1-2H3,(H,10,13). The number of likely N-dealkylation sites (N-methyl/N-ethyl adjacent to an activating group) is 1. The molecule has 1 unspecified atom stereocenters. The van der Waals surface area contributed by atoms with Crippen molar-refractivity contribution in [3.05, 3.63) is 0 Å². The van der Waals surface area contributed by atoms with Crippen molar-refractivity contribution in [2.45, 2.75) is 19.5 Å². The molecule has 0 radical (unpaired) electrons. The van der Waals surface area contributed by atoms with Gasteiger partial charge in [-0.15, -0.1) is 0 Å². The van der Waals surface area contributed by atoms with Crippen LogP contribution in [0.2, 0.25) is 0 Å². The Bertz CT molecular complexity index is 155. The molecule has 1 fully saturated rings. The third-order valence-corrected chi connectivity index (χ3v) is 2.63. The summed E-state index contributed by atoms with van der Waals surface area (Å²) in [7, 11) is 2.13. The maximum absolute atomic E-state index is 10.3. The van der Waals surface area contributed by atoms with E-state index in [1.54, 1.807) is 0 Å². The highest BCUT2D eigenvalue weighted by Gasteiger charge is 2.19. The molecule has 0 aliphatic carbocycles. The Morgan fingerprint density at radius 2 is 2.00 bits per heavy atom. The molecule has 0 aromatic carbocycles. The summed E-state index contributed by atoms with van der Waals surface area (Å²) in [4.78, 5) is 15.0. The first kappa shape index (κ1) is 10.5. The lowest BCUT2D eigenvalue weighted by Gasteiger charge is -2.37. The quantitative estimate of drug-likeness (QED) is 0.612. The van der Waals surface area contributed by atoms with Crippen molar-refractivity contribution in [2.24, 2.45) is 0 Å². The van der Waals surface area contributed by atoms with Crippen LogP contribution < -0.4 is 5.32 Å². The summed E-state index contributed by atoms with van der Waals surface area (Å²) in [6.07, 6.45) is 2.00. The zero-order chi connectivity index (χ0) is 9.68. The minimum atomic E-state index is 0.228. The van der Waals surface area contributed by atoms with Crippen LogP contribution in [0.25, 0.3) is 0 Å². The van der Waals surface area contributed by atoms with Gasteiger partial charge in [-0.3, -0.25) is 9.69 Å². The summed E-state index contributed by atoms with van der Waals surface area (Å²) in [5.41, 5.74) is 0. The predicted molar refractivity (Wildman–Crippen MR) is 52.3 cm³/mol. The minimum absolute atomic E-state index is 0.228. The zero-order valence-electron chi connectivity index (χ0n) is 8.49. The van der Waals surface area contributed by atoms with Gasteiger partial charge in [0.15, 0.2) is 0 Å². The van der Waals surface area contributed by atoms with Gasteiger partial charge in [0.05, 0.1) is 6.17 Å². The highest BCUT2D eigenvalue weighted by atomic mass is 16.1. The number of hydrogen-bond donors (Lipinski definition) is 1. The van der Waals surface area contributed by atoms with Crippen molar-refractivity contribution in [3.8, 4) is 0 Å². The summed E-state index contributed by atoms with van der Waals surface area (Å²) >= 11 is 0. The van der Waals surface area contributed by atoms with Gasteiger partial charge in [0.2, 0.25) is 6.41 Å². The van der Waals surface area contributed by atoms with Crippen LogP contribution in [-0.4, -0.2) is 55.6 Å². The molecule has 1 aliphatic rings. The lowest BCUT2D eigenvalue weighted by Crippen LogP contribution is -2.53. The van der Waals surface area contributed by atoms with Crippen LogP contribution in [-0.2, 0) is 4.79 Å². The van der Waals surface area contributed by atoms with Crippen LogP contribution >= 0.6 is 0 Å². The third kappa shape index (κ3) is 2.97. The molecule has 1 N–H and O–H groups in total. The molecule has 4 heteroatoms. The van der Waals surface area contributed by atoms with E-state index in [9.17, 15) is 4.79 Å². The van der Waals surface area contributed by atoms with Gasteiger partial charge in [-0.05, 0) is 13.5 Å². The van der Waals surface area contributed by atoms with Crippen molar-refractivity contribution in [3.63, 3.8) is 0 Å². The highest BCUT2D eigenvalue weighted by Crippen LogP contribution is 2.05. The Morgan fingerprint density at radius 3 is 2.46 bits per heavy atom. The van der Waals surface area contributed by atoms with E-state index in [1.165, 1.54) is 0 Å². The van der Waals surface area contributed by atoms with Gasteiger partial charge < -0.3 is 10.2 Å². The molecule has 13 heavy (non-hydrogen) atoms. The Balaban J connectivity index is 2.36.